The number of aldehydes is 1. The van der Waals surface area contributed by atoms with Gasteiger partial charge in [0.05, 0.1) is 9.20 Å². The van der Waals surface area contributed by atoms with Crippen LogP contribution in [-0.2, 0) is 10.2 Å². The summed E-state index contributed by atoms with van der Waals surface area (Å²) in [6.45, 7) is 0. The Kier molecular flexibility index (Phi) is 3.07. The minimum Gasteiger partial charge on any atom is -0.302 e. The van der Waals surface area contributed by atoms with Gasteiger partial charge < -0.3 is 4.79 Å². The van der Waals surface area contributed by atoms with Crippen LogP contribution in [0.1, 0.15) is 37.0 Å². The summed E-state index contributed by atoms with van der Waals surface area (Å²) in [5.41, 5.74) is -0.158. The Morgan fingerprint density at radius 2 is 2.00 bits per heavy atom. The third-order valence-corrected chi connectivity index (χ3v) is 4.88. The molecule has 0 spiro atoms. The van der Waals surface area contributed by atoms with Crippen LogP contribution in [0.15, 0.2) is 15.9 Å². The van der Waals surface area contributed by atoms with E-state index < -0.39 is 0 Å². The molecule has 1 aliphatic carbocycles. The van der Waals surface area contributed by atoms with E-state index >= 15 is 0 Å². The highest BCUT2D eigenvalue weighted by Crippen LogP contribution is 2.41. The molecule has 1 aromatic heterocycles. The number of carbonyl (C=O) groups is 1. The molecule has 0 atom stereocenters. The predicted octanol–water partition coefficient (Wildman–Crippen LogP) is 3.91. The number of thiophene rings is 1. The van der Waals surface area contributed by atoms with E-state index in [1.807, 2.05) is 6.07 Å². The van der Waals surface area contributed by atoms with Crippen molar-refractivity contribution in [2.75, 3.05) is 0 Å². The summed E-state index contributed by atoms with van der Waals surface area (Å²) in [4.78, 5) is 12.5. The van der Waals surface area contributed by atoms with Gasteiger partial charge in [-0.3, -0.25) is 0 Å². The Labute approximate surface area is 96.6 Å². The fraction of sp³-hybridized carbons (Fsp3) is 0.545. The maximum Gasteiger partial charge on any atom is 0.131 e. The van der Waals surface area contributed by atoms with Crippen molar-refractivity contribution in [3.63, 3.8) is 0 Å². The van der Waals surface area contributed by atoms with Crippen LogP contribution < -0.4 is 0 Å². The molecule has 1 fully saturated rings. The first-order valence-corrected chi connectivity index (χ1v) is 6.60. The van der Waals surface area contributed by atoms with E-state index in [-0.39, 0.29) is 5.41 Å². The average molecular weight is 273 g/mol. The van der Waals surface area contributed by atoms with Crippen LogP contribution in [0.4, 0.5) is 0 Å². The molecule has 1 aromatic rings. The van der Waals surface area contributed by atoms with Gasteiger partial charge in [0.2, 0.25) is 0 Å². The van der Waals surface area contributed by atoms with E-state index in [2.05, 4.69) is 22.0 Å². The molecular weight excluding hydrogens is 260 g/mol. The summed E-state index contributed by atoms with van der Waals surface area (Å²) in [5, 5.41) is 0. The Hall–Kier alpha value is -0.150. The van der Waals surface area contributed by atoms with Crippen LogP contribution in [0.5, 0.6) is 0 Å². The molecule has 0 unspecified atom stereocenters. The Morgan fingerprint density at radius 1 is 1.29 bits per heavy atom. The van der Waals surface area contributed by atoms with Gasteiger partial charge in [-0.15, -0.1) is 11.3 Å². The number of hydrogen-bond acceptors (Lipinski definition) is 2. The summed E-state index contributed by atoms with van der Waals surface area (Å²) in [7, 11) is 0. The maximum atomic E-state index is 11.3. The molecule has 0 saturated heterocycles. The van der Waals surface area contributed by atoms with Crippen LogP contribution in [0.2, 0.25) is 0 Å². The Morgan fingerprint density at radius 3 is 2.50 bits per heavy atom. The first kappa shape index (κ1) is 10.4. The predicted molar refractivity (Wildman–Crippen MR) is 62.8 cm³/mol. The van der Waals surface area contributed by atoms with Crippen molar-refractivity contribution in [2.45, 2.75) is 37.5 Å². The molecule has 1 nitrogen and oxygen atoms in total. The monoisotopic (exact) mass is 272 g/mol. The molecule has 14 heavy (non-hydrogen) atoms. The van der Waals surface area contributed by atoms with Crippen molar-refractivity contribution in [3.05, 3.63) is 20.8 Å². The molecule has 1 heterocycles. The summed E-state index contributed by atoms with van der Waals surface area (Å²) in [5.74, 6) is 0. The second kappa shape index (κ2) is 4.15. The summed E-state index contributed by atoms with van der Waals surface area (Å²) >= 11 is 5.16. The highest BCUT2D eigenvalue weighted by molar-refractivity contribution is 9.11. The first-order chi connectivity index (χ1) is 6.77. The van der Waals surface area contributed by atoms with E-state index in [9.17, 15) is 4.79 Å². The van der Waals surface area contributed by atoms with Crippen LogP contribution in [-0.4, -0.2) is 6.29 Å². The Balaban J connectivity index is 2.31. The van der Waals surface area contributed by atoms with Gasteiger partial charge in [-0.2, -0.15) is 0 Å². The zero-order valence-corrected chi connectivity index (χ0v) is 10.4. The molecule has 0 aromatic carbocycles. The average Bonchev–Trinajstić information content (AvgIpc) is 2.66. The van der Waals surface area contributed by atoms with Crippen LogP contribution in [0, 0.1) is 0 Å². The lowest BCUT2D eigenvalue weighted by molar-refractivity contribution is -0.113. The Bertz CT molecular complexity index is 326. The fourth-order valence-corrected chi connectivity index (χ4v) is 3.78. The molecule has 76 valence electrons. The molecule has 2 rings (SSSR count). The number of carbonyl (C=O) groups excluding carboxylic acids is 1. The standard InChI is InChI=1S/C11H13BrOS/c12-10-5-4-9(14-10)11(8-13)6-2-1-3-7-11/h4-5,8H,1-3,6-7H2. The molecular formula is C11H13BrOS. The quantitative estimate of drug-likeness (QED) is 0.746. The largest absolute Gasteiger partial charge is 0.302 e. The zero-order chi connectivity index (χ0) is 10.0. The molecule has 1 saturated carbocycles. The lowest BCUT2D eigenvalue weighted by Crippen LogP contribution is -2.29. The van der Waals surface area contributed by atoms with Gasteiger partial charge in [0.15, 0.2) is 0 Å². The first-order valence-electron chi connectivity index (χ1n) is 4.99. The van der Waals surface area contributed by atoms with Crippen LogP contribution >= 0.6 is 27.3 Å². The number of halogens is 1. The number of hydrogen-bond donors (Lipinski definition) is 0. The van der Waals surface area contributed by atoms with E-state index in [0.29, 0.717) is 0 Å². The van der Waals surface area contributed by atoms with Crippen molar-refractivity contribution < 1.29 is 4.79 Å². The van der Waals surface area contributed by atoms with Crippen LogP contribution in [0.3, 0.4) is 0 Å². The smallest absolute Gasteiger partial charge is 0.131 e. The van der Waals surface area contributed by atoms with Gasteiger partial charge in [0, 0.05) is 4.88 Å². The van der Waals surface area contributed by atoms with Gasteiger partial charge in [0.25, 0.3) is 0 Å². The van der Waals surface area contributed by atoms with Crippen molar-refractivity contribution in [1.82, 2.24) is 0 Å². The molecule has 0 N–H and O–H groups in total. The summed E-state index contributed by atoms with van der Waals surface area (Å²) in [6, 6.07) is 4.13. The second-order valence-electron chi connectivity index (χ2n) is 3.94. The molecule has 1 aliphatic rings. The van der Waals surface area contributed by atoms with Crippen molar-refractivity contribution in [3.8, 4) is 0 Å². The molecule has 0 aliphatic heterocycles. The van der Waals surface area contributed by atoms with E-state index in [4.69, 9.17) is 0 Å². The maximum absolute atomic E-state index is 11.3. The highest BCUT2D eigenvalue weighted by Gasteiger charge is 2.34. The zero-order valence-electron chi connectivity index (χ0n) is 7.96. The molecule has 0 radical (unpaired) electrons. The third kappa shape index (κ3) is 1.80. The van der Waals surface area contributed by atoms with Gasteiger partial charge in [0.1, 0.15) is 6.29 Å². The lowest BCUT2D eigenvalue weighted by Gasteiger charge is -2.30. The van der Waals surface area contributed by atoms with Gasteiger partial charge in [-0.05, 0) is 40.9 Å². The minimum atomic E-state index is -0.158. The van der Waals surface area contributed by atoms with E-state index in [1.54, 1.807) is 11.3 Å². The topological polar surface area (TPSA) is 17.1 Å². The molecule has 0 bridgehead atoms. The third-order valence-electron chi connectivity index (χ3n) is 3.04. The second-order valence-corrected chi connectivity index (χ2v) is 6.40. The molecule has 3 heteroatoms. The van der Waals surface area contributed by atoms with Crippen molar-refractivity contribution in [1.29, 1.82) is 0 Å². The lowest BCUT2D eigenvalue weighted by atomic mass is 9.74. The van der Waals surface area contributed by atoms with E-state index in [0.717, 1.165) is 16.6 Å². The van der Waals surface area contributed by atoms with Crippen LogP contribution in [0.25, 0.3) is 0 Å². The van der Waals surface area contributed by atoms with Gasteiger partial charge in [-0.25, -0.2) is 0 Å². The van der Waals surface area contributed by atoms with Gasteiger partial charge in [-0.1, -0.05) is 19.3 Å². The van der Waals surface area contributed by atoms with Crippen molar-refractivity contribution in [2.24, 2.45) is 0 Å². The normalized spacial score (nSPS) is 20.6. The highest BCUT2D eigenvalue weighted by atomic mass is 79.9. The van der Waals surface area contributed by atoms with E-state index in [1.165, 1.54) is 30.4 Å². The fourth-order valence-electron chi connectivity index (χ4n) is 2.19. The number of rotatable bonds is 2. The SMILES string of the molecule is O=CC1(c2ccc(Br)s2)CCCCC1. The summed E-state index contributed by atoms with van der Waals surface area (Å²) < 4.78 is 1.12. The van der Waals surface area contributed by atoms with Gasteiger partial charge >= 0.3 is 0 Å². The van der Waals surface area contributed by atoms with Crippen molar-refractivity contribution >= 4 is 33.6 Å². The molecule has 0 amide bonds. The summed E-state index contributed by atoms with van der Waals surface area (Å²) in [6.07, 6.45) is 6.89. The minimum absolute atomic E-state index is 0.158.